The zero-order valence-corrected chi connectivity index (χ0v) is 17.6. The Labute approximate surface area is 186 Å². The number of nitrogens with zero attached hydrogens (tertiary/aromatic N) is 4. The molecule has 3 amide bonds. The molecule has 1 aromatic heterocycles. The molecule has 0 saturated carbocycles. The zero-order valence-electron chi connectivity index (χ0n) is 16.0. The summed E-state index contributed by atoms with van der Waals surface area (Å²) in [7, 11) is 0. The van der Waals surface area contributed by atoms with Crippen LogP contribution in [0.3, 0.4) is 0 Å². The summed E-state index contributed by atoms with van der Waals surface area (Å²) in [6, 6.07) is 13.6. The van der Waals surface area contributed by atoms with Crippen molar-refractivity contribution in [2.24, 2.45) is 0 Å². The summed E-state index contributed by atoms with van der Waals surface area (Å²) >= 11 is 6.99. The van der Waals surface area contributed by atoms with E-state index in [4.69, 9.17) is 21.1 Å². The number of carbonyl (C=O) groups is 2. The number of hydrogen-bond acceptors (Lipinski definition) is 8. The summed E-state index contributed by atoms with van der Waals surface area (Å²) < 4.78 is 12.8. The van der Waals surface area contributed by atoms with Gasteiger partial charge in [-0.05, 0) is 46.8 Å². The van der Waals surface area contributed by atoms with Crippen molar-refractivity contribution in [2.45, 2.75) is 11.3 Å². The van der Waals surface area contributed by atoms with E-state index in [9.17, 15) is 9.59 Å². The van der Waals surface area contributed by atoms with Crippen molar-refractivity contribution in [3.8, 4) is 17.2 Å². The highest BCUT2D eigenvalue weighted by Crippen LogP contribution is 2.30. The van der Waals surface area contributed by atoms with E-state index >= 15 is 0 Å². The average molecular weight is 461 g/mol. The van der Waals surface area contributed by atoms with E-state index in [-0.39, 0.29) is 18.4 Å². The Morgan fingerprint density at radius 2 is 1.94 bits per heavy atom. The molecule has 0 spiro atoms. The lowest BCUT2D eigenvalue weighted by Crippen LogP contribution is -2.46. The predicted molar refractivity (Wildman–Crippen MR) is 113 cm³/mol. The van der Waals surface area contributed by atoms with Crippen LogP contribution in [-0.4, -0.2) is 57.2 Å². The monoisotopic (exact) mass is 460 g/mol. The van der Waals surface area contributed by atoms with E-state index in [1.807, 2.05) is 18.2 Å². The number of urea groups is 1. The van der Waals surface area contributed by atoms with Gasteiger partial charge in [0, 0.05) is 5.02 Å². The molecule has 0 saturated heterocycles. The molecule has 1 aliphatic rings. The zero-order chi connectivity index (χ0) is 21.6. The summed E-state index contributed by atoms with van der Waals surface area (Å²) in [5, 5.41) is 17.3. The van der Waals surface area contributed by atoms with Crippen LogP contribution in [0.4, 0.5) is 4.79 Å². The van der Waals surface area contributed by atoms with Crippen LogP contribution >= 0.6 is 23.4 Å². The fourth-order valence-corrected chi connectivity index (χ4v) is 3.54. The molecule has 2 heterocycles. The molecule has 0 fully saturated rings. The second-order valence-corrected chi connectivity index (χ2v) is 7.77. The standard InChI is InChI=1S/C19H17ClN6O4S/c20-12-5-7-13(8-6-12)26-19(23-24-25-26)31-11-17(27)22-18(28)21-9-14-10-29-15-3-1-2-4-16(15)30-14/h1-8,14H,9-11H2,(H2,21,22,27,28). The summed E-state index contributed by atoms with van der Waals surface area (Å²) in [5.41, 5.74) is 0.700. The molecular weight excluding hydrogens is 444 g/mol. The van der Waals surface area contributed by atoms with E-state index < -0.39 is 11.9 Å². The molecule has 1 atom stereocenters. The number of aromatic nitrogens is 4. The maximum absolute atomic E-state index is 12.1. The lowest BCUT2D eigenvalue weighted by Gasteiger charge is -2.26. The van der Waals surface area contributed by atoms with Crippen molar-refractivity contribution >= 4 is 35.3 Å². The number of amides is 3. The molecule has 10 nitrogen and oxygen atoms in total. The van der Waals surface area contributed by atoms with Crippen molar-refractivity contribution in [1.82, 2.24) is 30.8 Å². The van der Waals surface area contributed by atoms with Gasteiger partial charge in [-0.15, -0.1) is 5.10 Å². The van der Waals surface area contributed by atoms with Crippen LogP contribution in [0.15, 0.2) is 53.7 Å². The van der Waals surface area contributed by atoms with Crippen molar-refractivity contribution in [3.05, 3.63) is 53.6 Å². The van der Waals surface area contributed by atoms with E-state index in [0.717, 1.165) is 11.8 Å². The topological polar surface area (TPSA) is 120 Å². The molecule has 4 rings (SSSR count). The summed E-state index contributed by atoms with van der Waals surface area (Å²) in [5.74, 6) is 0.750. The Hall–Kier alpha value is -3.31. The van der Waals surface area contributed by atoms with Gasteiger partial charge in [0.1, 0.15) is 6.61 Å². The van der Waals surface area contributed by atoms with Gasteiger partial charge in [0.05, 0.1) is 18.0 Å². The molecule has 2 aromatic carbocycles. The third-order valence-electron chi connectivity index (χ3n) is 4.16. The van der Waals surface area contributed by atoms with E-state index in [1.54, 1.807) is 30.3 Å². The molecule has 1 aliphatic heterocycles. The van der Waals surface area contributed by atoms with Crippen molar-refractivity contribution in [2.75, 3.05) is 18.9 Å². The van der Waals surface area contributed by atoms with Crippen LogP contribution in [0.2, 0.25) is 5.02 Å². The third-order valence-corrected chi connectivity index (χ3v) is 5.33. The molecule has 12 heteroatoms. The number of para-hydroxylation sites is 2. The first-order chi connectivity index (χ1) is 15.1. The maximum Gasteiger partial charge on any atom is 0.321 e. The Balaban J connectivity index is 1.22. The van der Waals surface area contributed by atoms with E-state index in [1.165, 1.54) is 4.68 Å². The third kappa shape index (κ3) is 5.44. The minimum absolute atomic E-state index is 0.0439. The molecule has 2 N–H and O–H groups in total. The highest BCUT2D eigenvalue weighted by Gasteiger charge is 2.21. The number of ether oxygens (including phenoxy) is 2. The number of imide groups is 1. The summed E-state index contributed by atoms with van der Waals surface area (Å²) in [6.07, 6.45) is -0.353. The van der Waals surface area contributed by atoms with Gasteiger partial charge in [-0.25, -0.2) is 4.79 Å². The summed E-state index contributed by atoms with van der Waals surface area (Å²) in [4.78, 5) is 24.1. The number of rotatable bonds is 6. The van der Waals surface area contributed by atoms with Gasteiger partial charge in [0.15, 0.2) is 17.6 Å². The summed E-state index contributed by atoms with van der Waals surface area (Å²) in [6.45, 7) is 0.490. The number of halogens is 1. The molecule has 3 aromatic rings. The van der Waals surface area contributed by atoms with Crippen LogP contribution < -0.4 is 20.1 Å². The first-order valence-electron chi connectivity index (χ1n) is 9.22. The SMILES string of the molecule is O=C(CSc1nnnn1-c1ccc(Cl)cc1)NC(=O)NCC1COc2ccccc2O1. The number of fused-ring (bicyclic) bond motifs is 1. The number of carbonyl (C=O) groups excluding carboxylic acids is 2. The van der Waals surface area contributed by atoms with Crippen molar-refractivity contribution in [1.29, 1.82) is 0 Å². The van der Waals surface area contributed by atoms with Gasteiger partial charge < -0.3 is 14.8 Å². The molecule has 0 bridgehead atoms. The smallest absolute Gasteiger partial charge is 0.321 e. The Bertz CT molecular complexity index is 1080. The van der Waals surface area contributed by atoms with Crippen molar-refractivity contribution < 1.29 is 19.1 Å². The fourth-order valence-electron chi connectivity index (χ4n) is 2.72. The fraction of sp³-hybridized carbons (Fsp3) is 0.211. The predicted octanol–water partition coefficient (Wildman–Crippen LogP) is 2.07. The van der Waals surface area contributed by atoms with Crippen LogP contribution in [-0.2, 0) is 4.79 Å². The van der Waals surface area contributed by atoms with E-state index in [0.29, 0.717) is 34.0 Å². The molecule has 31 heavy (non-hydrogen) atoms. The van der Waals surface area contributed by atoms with Crippen molar-refractivity contribution in [3.63, 3.8) is 0 Å². The van der Waals surface area contributed by atoms with Crippen LogP contribution in [0.5, 0.6) is 11.5 Å². The second-order valence-electron chi connectivity index (χ2n) is 6.39. The van der Waals surface area contributed by atoms with Gasteiger partial charge in [-0.2, -0.15) is 4.68 Å². The largest absolute Gasteiger partial charge is 0.486 e. The average Bonchev–Trinajstić information content (AvgIpc) is 3.25. The highest BCUT2D eigenvalue weighted by atomic mass is 35.5. The minimum Gasteiger partial charge on any atom is -0.486 e. The molecular formula is C19H17ClN6O4S. The maximum atomic E-state index is 12.1. The van der Waals surface area contributed by atoms with Gasteiger partial charge in [-0.1, -0.05) is 35.5 Å². The minimum atomic E-state index is -0.620. The van der Waals surface area contributed by atoms with Crippen LogP contribution in [0, 0.1) is 0 Å². The van der Waals surface area contributed by atoms with Crippen LogP contribution in [0.1, 0.15) is 0 Å². The van der Waals surface area contributed by atoms with Gasteiger partial charge in [0.25, 0.3) is 0 Å². The Morgan fingerprint density at radius 3 is 2.74 bits per heavy atom. The number of hydrogen-bond donors (Lipinski definition) is 2. The number of thioether (sulfide) groups is 1. The quantitative estimate of drug-likeness (QED) is 0.536. The lowest BCUT2D eigenvalue weighted by atomic mass is 10.2. The van der Waals surface area contributed by atoms with E-state index in [2.05, 4.69) is 26.2 Å². The Kier molecular flexibility index (Phi) is 6.53. The first-order valence-corrected chi connectivity index (χ1v) is 10.6. The van der Waals surface area contributed by atoms with Gasteiger partial charge in [0.2, 0.25) is 11.1 Å². The Morgan fingerprint density at radius 1 is 1.16 bits per heavy atom. The first kappa shape index (κ1) is 20.9. The van der Waals surface area contributed by atoms with Crippen LogP contribution in [0.25, 0.3) is 5.69 Å². The number of tetrazole rings is 1. The molecule has 160 valence electrons. The highest BCUT2D eigenvalue weighted by molar-refractivity contribution is 7.99. The molecule has 0 radical (unpaired) electrons. The molecule has 0 aliphatic carbocycles. The molecule has 1 unspecified atom stereocenters. The lowest BCUT2D eigenvalue weighted by molar-refractivity contribution is -0.117. The number of benzene rings is 2. The van der Waals surface area contributed by atoms with Gasteiger partial charge in [-0.3, -0.25) is 10.1 Å². The van der Waals surface area contributed by atoms with Gasteiger partial charge >= 0.3 is 6.03 Å². The second kappa shape index (κ2) is 9.67. The number of nitrogens with one attached hydrogen (secondary N) is 2. The normalized spacial score (nSPS) is 14.7.